The van der Waals surface area contributed by atoms with Crippen molar-refractivity contribution in [3.8, 4) is 5.75 Å². The molecule has 0 unspecified atom stereocenters. The third-order valence-electron chi connectivity index (χ3n) is 6.63. The van der Waals surface area contributed by atoms with Gasteiger partial charge in [-0.3, -0.25) is 4.79 Å². The van der Waals surface area contributed by atoms with Gasteiger partial charge in [0.25, 0.3) is 0 Å². The van der Waals surface area contributed by atoms with Gasteiger partial charge in [-0.25, -0.2) is 4.79 Å². The molecule has 1 N–H and O–H groups in total. The van der Waals surface area contributed by atoms with Gasteiger partial charge in [-0.05, 0) is 61.6 Å². The van der Waals surface area contributed by atoms with Crippen LogP contribution in [0.2, 0.25) is 0 Å². The van der Waals surface area contributed by atoms with Crippen LogP contribution in [0.3, 0.4) is 0 Å². The largest absolute Gasteiger partial charge is 0.497 e. The first kappa shape index (κ1) is 23.6. The molecule has 6 heteroatoms. The molecule has 0 amide bonds. The van der Waals surface area contributed by atoms with Crippen molar-refractivity contribution >= 4 is 17.4 Å². The average molecular weight is 461 g/mol. The maximum atomic E-state index is 13.6. The van der Waals surface area contributed by atoms with Crippen LogP contribution in [-0.2, 0) is 14.3 Å². The minimum atomic E-state index is -0.491. The number of carbonyl (C=O) groups is 2. The Morgan fingerprint density at radius 2 is 1.82 bits per heavy atom. The Morgan fingerprint density at radius 3 is 2.47 bits per heavy atom. The van der Waals surface area contributed by atoms with E-state index in [2.05, 4.69) is 34.5 Å². The summed E-state index contributed by atoms with van der Waals surface area (Å²) in [6.07, 6.45) is 1.10. The summed E-state index contributed by atoms with van der Waals surface area (Å²) in [5, 5.41) is 3.39. The summed E-state index contributed by atoms with van der Waals surface area (Å²) in [5.41, 5.74) is 5.86. The lowest BCUT2D eigenvalue weighted by Gasteiger charge is -2.36. The molecule has 0 saturated carbocycles. The summed E-state index contributed by atoms with van der Waals surface area (Å²) in [5.74, 6) is -0.0763. The number of anilines is 1. The average Bonchev–Trinajstić information content (AvgIpc) is 2.83. The van der Waals surface area contributed by atoms with Crippen molar-refractivity contribution in [2.45, 2.75) is 38.5 Å². The molecule has 0 radical (unpaired) electrons. The number of ether oxygens (including phenoxy) is 2. The number of ketones is 1. The first-order valence-electron chi connectivity index (χ1n) is 11.7. The van der Waals surface area contributed by atoms with Crippen LogP contribution in [0.25, 0.3) is 0 Å². The Morgan fingerprint density at radius 1 is 1.09 bits per heavy atom. The van der Waals surface area contributed by atoms with Gasteiger partial charge in [-0.1, -0.05) is 24.3 Å². The van der Waals surface area contributed by atoms with Crippen LogP contribution in [0.15, 0.2) is 71.1 Å². The number of methoxy groups -OCH3 is 1. The fourth-order valence-corrected chi connectivity index (χ4v) is 4.95. The molecule has 1 aliphatic heterocycles. The van der Waals surface area contributed by atoms with E-state index in [0.717, 1.165) is 28.2 Å². The van der Waals surface area contributed by atoms with E-state index in [1.807, 2.05) is 45.3 Å². The molecule has 34 heavy (non-hydrogen) atoms. The third kappa shape index (κ3) is 4.45. The lowest BCUT2D eigenvalue weighted by Crippen LogP contribution is -2.36. The van der Waals surface area contributed by atoms with Crippen molar-refractivity contribution in [1.82, 2.24) is 5.32 Å². The van der Waals surface area contributed by atoms with Gasteiger partial charge in [0.15, 0.2) is 5.78 Å². The highest BCUT2D eigenvalue weighted by Gasteiger charge is 2.41. The van der Waals surface area contributed by atoms with Gasteiger partial charge in [-0.2, -0.15) is 0 Å². The Balaban J connectivity index is 1.76. The zero-order valence-corrected chi connectivity index (χ0v) is 20.5. The van der Waals surface area contributed by atoms with Gasteiger partial charge in [-0.15, -0.1) is 0 Å². The minimum Gasteiger partial charge on any atom is -0.497 e. The monoisotopic (exact) mass is 460 g/mol. The highest BCUT2D eigenvalue weighted by molar-refractivity contribution is 6.04. The highest BCUT2D eigenvalue weighted by atomic mass is 16.5. The second-order valence-corrected chi connectivity index (χ2v) is 9.00. The molecular formula is C28H32N2O4. The number of allylic oxidation sites excluding steroid dienone is 3. The number of esters is 1. The molecule has 4 rings (SSSR count). The van der Waals surface area contributed by atoms with E-state index in [1.54, 1.807) is 14.0 Å². The summed E-state index contributed by atoms with van der Waals surface area (Å²) in [4.78, 5) is 28.7. The predicted molar refractivity (Wildman–Crippen MR) is 133 cm³/mol. The fourth-order valence-electron chi connectivity index (χ4n) is 4.95. The molecule has 1 aliphatic carbocycles. The van der Waals surface area contributed by atoms with E-state index in [9.17, 15) is 9.59 Å². The summed E-state index contributed by atoms with van der Waals surface area (Å²) < 4.78 is 10.8. The standard InChI is InChI=1S/C28H32N2O4/c1-6-34-28(32)25-17(2)29-23-15-20(18-10-12-21(13-11-18)30(3)4)16-24(31)27(23)26(25)19-8-7-9-22(14-19)33-5/h7-14,20,26,29H,6,15-16H2,1-5H3/t20-,26+/m1/s1. The maximum absolute atomic E-state index is 13.6. The number of nitrogens with zero attached hydrogens (tertiary/aromatic N) is 1. The van der Waals surface area contributed by atoms with Crippen molar-refractivity contribution in [2.75, 3.05) is 32.7 Å². The predicted octanol–water partition coefficient (Wildman–Crippen LogP) is 4.69. The molecule has 2 aliphatic rings. The lowest BCUT2D eigenvalue weighted by atomic mass is 9.71. The summed E-state index contributed by atoms with van der Waals surface area (Å²) in [6.45, 7) is 3.93. The van der Waals surface area contributed by atoms with Gasteiger partial charge < -0.3 is 19.7 Å². The molecule has 0 fully saturated rings. The Labute approximate surface area is 201 Å². The van der Waals surface area contributed by atoms with E-state index in [1.165, 1.54) is 0 Å². The summed E-state index contributed by atoms with van der Waals surface area (Å²) in [6, 6.07) is 16.0. The van der Waals surface area contributed by atoms with Gasteiger partial charge in [0.05, 0.1) is 19.3 Å². The van der Waals surface area contributed by atoms with E-state index >= 15 is 0 Å². The van der Waals surface area contributed by atoms with Crippen molar-refractivity contribution in [3.05, 3.63) is 82.2 Å². The lowest BCUT2D eigenvalue weighted by molar-refractivity contribution is -0.138. The molecule has 2 atom stereocenters. The molecule has 0 aromatic heterocycles. The van der Waals surface area contributed by atoms with Crippen molar-refractivity contribution < 1.29 is 19.1 Å². The van der Waals surface area contributed by atoms with Gasteiger partial charge in [0.2, 0.25) is 0 Å². The van der Waals surface area contributed by atoms with Crippen LogP contribution in [-0.4, -0.2) is 39.6 Å². The first-order chi connectivity index (χ1) is 16.3. The number of Topliss-reactive ketones (excluding diaryl/α,β-unsaturated/α-hetero) is 1. The minimum absolute atomic E-state index is 0.0533. The van der Waals surface area contributed by atoms with Gasteiger partial charge >= 0.3 is 5.97 Å². The maximum Gasteiger partial charge on any atom is 0.336 e. The molecule has 1 heterocycles. The smallest absolute Gasteiger partial charge is 0.336 e. The van der Waals surface area contributed by atoms with E-state index in [0.29, 0.717) is 29.7 Å². The number of benzene rings is 2. The number of hydrogen-bond donors (Lipinski definition) is 1. The molecule has 6 nitrogen and oxygen atoms in total. The highest BCUT2D eigenvalue weighted by Crippen LogP contribution is 2.46. The zero-order chi connectivity index (χ0) is 24.4. The molecule has 0 bridgehead atoms. The molecule has 2 aromatic rings. The second-order valence-electron chi connectivity index (χ2n) is 9.00. The van der Waals surface area contributed by atoms with Crippen LogP contribution in [0.5, 0.6) is 5.75 Å². The molecule has 0 spiro atoms. The van der Waals surface area contributed by atoms with Crippen LogP contribution < -0.4 is 15.0 Å². The van der Waals surface area contributed by atoms with Crippen molar-refractivity contribution in [3.63, 3.8) is 0 Å². The van der Waals surface area contributed by atoms with Gasteiger partial charge in [0.1, 0.15) is 5.75 Å². The normalized spacial score (nSPS) is 20.0. The molecule has 178 valence electrons. The van der Waals surface area contributed by atoms with Gasteiger partial charge in [0, 0.05) is 49.1 Å². The number of rotatable bonds is 6. The molecule has 2 aromatic carbocycles. The number of hydrogen-bond acceptors (Lipinski definition) is 6. The van der Waals surface area contributed by atoms with E-state index < -0.39 is 11.9 Å². The summed E-state index contributed by atoms with van der Waals surface area (Å²) in [7, 11) is 5.63. The van der Waals surface area contributed by atoms with Crippen LogP contribution in [0.1, 0.15) is 49.7 Å². The SMILES string of the molecule is CCOC(=O)C1=C(C)NC2=C(C(=O)C[C@H](c3ccc(N(C)C)cc3)C2)[C@H]1c1cccc(OC)c1. The Kier molecular flexibility index (Phi) is 6.77. The second kappa shape index (κ2) is 9.75. The molecular weight excluding hydrogens is 428 g/mol. The topological polar surface area (TPSA) is 67.9 Å². The zero-order valence-electron chi connectivity index (χ0n) is 20.5. The van der Waals surface area contributed by atoms with Crippen LogP contribution in [0, 0.1) is 0 Å². The van der Waals surface area contributed by atoms with Crippen molar-refractivity contribution in [1.29, 1.82) is 0 Å². The van der Waals surface area contributed by atoms with Crippen LogP contribution >= 0.6 is 0 Å². The Hall–Kier alpha value is -3.54. The quantitative estimate of drug-likeness (QED) is 0.631. The van der Waals surface area contributed by atoms with E-state index in [4.69, 9.17) is 9.47 Å². The number of dihydropyridines is 1. The van der Waals surface area contributed by atoms with E-state index in [-0.39, 0.29) is 18.3 Å². The fraction of sp³-hybridized carbons (Fsp3) is 0.357. The third-order valence-corrected chi connectivity index (χ3v) is 6.63. The first-order valence-corrected chi connectivity index (χ1v) is 11.7. The van der Waals surface area contributed by atoms with Crippen LogP contribution in [0.4, 0.5) is 5.69 Å². The molecule has 0 saturated heterocycles. The number of nitrogens with one attached hydrogen (secondary N) is 1. The number of carbonyl (C=O) groups excluding carboxylic acids is 2. The Bertz CT molecular complexity index is 1160. The van der Waals surface area contributed by atoms with Crippen molar-refractivity contribution in [2.24, 2.45) is 0 Å². The summed E-state index contributed by atoms with van der Waals surface area (Å²) >= 11 is 0.